The minimum atomic E-state index is -0.915. The van der Waals surface area contributed by atoms with Crippen molar-refractivity contribution in [3.63, 3.8) is 0 Å². The van der Waals surface area contributed by atoms with Crippen LogP contribution in [0.1, 0.15) is 31.7 Å². The van der Waals surface area contributed by atoms with Crippen molar-refractivity contribution in [2.24, 2.45) is 5.92 Å². The number of amides is 2. The maximum atomic E-state index is 11.9. The van der Waals surface area contributed by atoms with Gasteiger partial charge in [0, 0.05) is 39.4 Å². The molecule has 1 aliphatic heterocycles. The van der Waals surface area contributed by atoms with Crippen LogP contribution in [0.25, 0.3) is 0 Å². The summed E-state index contributed by atoms with van der Waals surface area (Å²) >= 11 is 0. The Morgan fingerprint density at radius 3 is 2.67 bits per heavy atom. The second-order valence-electron chi connectivity index (χ2n) is 6.42. The molecule has 0 aromatic carbocycles. The van der Waals surface area contributed by atoms with Crippen LogP contribution < -0.4 is 10.2 Å². The largest absolute Gasteiger partial charge is 0.481 e. The number of carbonyl (C=O) groups excluding carboxylic acids is 1. The first kappa shape index (κ1) is 18.0. The topological polar surface area (TPSA) is 85.8 Å². The summed E-state index contributed by atoms with van der Waals surface area (Å²) < 4.78 is 0. The van der Waals surface area contributed by atoms with Gasteiger partial charge in [0.25, 0.3) is 0 Å². The molecule has 0 atom stereocenters. The minimum Gasteiger partial charge on any atom is -0.481 e. The van der Waals surface area contributed by atoms with Gasteiger partial charge in [-0.25, -0.2) is 9.78 Å². The van der Waals surface area contributed by atoms with Gasteiger partial charge in [0.2, 0.25) is 0 Å². The van der Waals surface area contributed by atoms with E-state index in [0.717, 1.165) is 30.4 Å². The van der Waals surface area contributed by atoms with E-state index in [1.54, 1.807) is 13.2 Å². The van der Waals surface area contributed by atoms with Crippen LogP contribution in [0.15, 0.2) is 18.3 Å². The van der Waals surface area contributed by atoms with E-state index >= 15 is 0 Å². The third kappa shape index (κ3) is 5.40. The number of carboxylic acids is 1. The molecule has 7 nitrogen and oxygen atoms in total. The molecular weight excluding hydrogens is 308 g/mol. The Labute approximate surface area is 142 Å². The molecule has 24 heavy (non-hydrogen) atoms. The van der Waals surface area contributed by atoms with Crippen LogP contribution in [0.5, 0.6) is 0 Å². The zero-order valence-electron chi connectivity index (χ0n) is 14.4. The molecule has 2 amide bonds. The standard InChI is InChI=1S/C17H26N4O3/c1-13-5-9-21(10-6-13)15-4-3-14(11-18-15)12-19-17(24)20(2)8-7-16(22)23/h3-4,11,13H,5-10,12H2,1-2H3,(H,19,24)(H,22,23). The maximum Gasteiger partial charge on any atom is 0.317 e. The van der Waals surface area contributed by atoms with Gasteiger partial charge in [-0.1, -0.05) is 13.0 Å². The van der Waals surface area contributed by atoms with Gasteiger partial charge < -0.3 is 20.2 Å². The van der Waals surface area contributed by atoms with Crippen molar-refractivity contribution in [3.05, 3.63) is 23.9 Å². The molecule has 132 valence electrons. The van der Waals surface area contributed by atoms with Crippen LogP contribution in [0.2, 0.25) is 0 Å². The second-order valence-corrected chi connectivity index (χ2v) is 6.42. The van der Waals surface area contributed by atoms with Crippen LogP contribution in [0.3, 0.4) is 0 Å². The summed E-state index contributed by atoms with van der Waals surface area (Å²) in [5, 5.41) is 11.4. The van der Waals surface area contributed by atoms with E-state index in [-0.39, 0.29) is 19.0 Å². The van der Waals surface area contributed by atoms with Crippen molar-refractivity contribution in [1.29, 1.82) is 0 Å². The molecule has 1 aromatic heterocycles. The van der Waals surface area contributed by atoms with Gasteiger partial charge in [-0.05, 0) is 30.4 Å². The molecular formula is C17H26N4O3. The van der Waals surface area contributed by atoms with Gasteiger partial charge in [0.05, 0.1) is 6.42 Å². The molecule has 7 heteroatoms. The van der Waals surface area contributed by atoms with E-state index in [1.807, 2.05) is 12.1 Å². The van der Waals surface area contributed by atoms with Gasteiger partial charge in [0.15, 0.2) is 0 Å². The minimum absolute atomic E-state index is 0.0609. The fourth-order valence-electron chi connectivity index (χ4n) is 2.62. The molecule has 2 N–H and O–H groups in total. The van der Waals surface area contributed by atoms with Gasteiger partial charge in [0.1, 0.15) is 5.82 Å². The predicted molar refractivity (Wildman–Crippen MR) is 92.0 cm³/mol. The van der Waals surface area contributed by atoms with Gasteiger partial charge in [-0.2, -0.15) is 0 Å². The summed E-state index contributed by atoms with van der Waals surface area (Å²) in [4.78, 5) is 30.5. The van der Waals surface area contributed by atoms with Crippen LogP contribution in [-0.4, -0.2) is 53.7 Å². The lowest BCUT2D eigenvalue weighted by molar-refractivity contribution is -0.137. The summed E-state index contributed by atoms with van der Waals surface area (Å²) in [5.41, 5.74) is 0.920. The molecule has 0 spiro atoms. The van der Waals surface area contributed by atoms with Gasteiger partial charge >= 0.3 is 12.0 Å². The summed E-state index contributed by atoms with van der Waals surface area (Å²) in [5.74, 6) is 0.853. The number of carboxylic acid groups (broad SMARTS) is 1. The van der Waals surface area contributed by atoms with Crippen molar-refractivity contribution in [3.8, 4) is 0 Å². The number of hydrogen-bond donors (Lipinski definition) is 2. The number of rotatable bonds is 6. The number of carbonyl (C=O) groups is 2. The van der Waals surface area contributed by atoms with Crippen molar-refractivity contribution in [1.82, 2.24) is 15.2 Å². The first-order valence-electron chi connectivity index (χ1n) is 8.36. The zero-order valence-corrected chi connectivity index (χ0v) is 14.4. The highest BCUT2D eigenvalue weighted by atomic mass is 16.4. The highest BCUT2D eigenvalue weighted by Gasteiger charge is 2.16. The maximum absolute atomic E-state index is 11.9. The van der Waals surface area contributed by atoms with Crippen LogP contribution in [0.4, 0.5) is 10.6 Å². The van der Waals surface area contributed by atoms with Crippen LogP contribution in [-0.2, 0) is 11.3 Å². The number of piperidine rings is 1. The summed E-state index contributed by atoms with van der Waals surface area (Å²) in [6.45, 7) is 4.92. The lowest BCUT2D eigenvalue weighted by Gasteiger charge is -2.31. The van der Waals surface area contributed by atoms with E-state index in [9.17, 15) is 9.59 Å². The number of anilines is 1. The Balaban J connectivity index is 1.79. The SMILES string of the molecule is CC1CCN(c2ccc(CNC(=O)N(C)CCC(=O)O)cn2)CC1. The van der Waals surface area contributed by atoms with Crippen LogP contribution in [0, 0.1) is 5.92 Å². The molecule has 1 aromatic rings. The Morgan fingerprint density at radius 2 is 2.08 bits per heavy atom. The van der Waals surface area contributed by atoms with E-state index in [2.05, 4.69) is 22.1 Å². The van der Waals surface area contributed by atoms with Crippen molar-refractivity contribution in [2.45, 2.75) is 32.7 Å². The smallest absolute Gasteiger partial charge is 0.317 e. The molecule has 1 saturated heterocycles. The molecule has 2 rings (SSSR count). The third-order valence-electron chi connectivity index (χ3n) is 4.37. The fraction of sp³-hybridized carbons (Fsp3) is 0.588. The number of hydrogen-bond acceptors (Lipinski definition) is 4. The Hall–Kier alpha value is -2.31. The molecule has 0 bridgehead atoms. The molecule has 2 heterocycles. The number of urea groups is 1. The molecule has 0 radical (unpaired) electrons. The van der Waals surface area contributed by atoms with Crippen molar-refractivity contribution in [2.75, 3.05) is 31.6 Å². The predicted octanol–water partition coefficient (Wildman–Crippen LogP) is 1.93. The average molecular weight is 334 g/mol. The van der Waals surface area contributed by atoms with E-state index in [0.29, 0.717) is 6.54 Å². The summed E-state index contributed by atoms with van der Waals surface area (Å²) in [6, 6.07) is 3.68. The highest BCUT2D eigenvalue weighted by molar-refractivity contribution is 5.75. The number of aromatic nitrogens is 1. The number of nitrogens with one attached hydrogen (secondary N) is 1. The Kier molecular flexibility index (Phi) is 6.40. The fourth-order valence-corrected chi connectivity index (χ4v) is 2.62. The second kappa shape index (κ2) is 8.52. The van der Waals surface area contributed by atoms with Crippen molar-refractivity contribution >= 4 is 17.8 Å². The lowest BCUT2D eigenvalue weighted by atomic mass is 9.99. The van der Waals surface area contributed by atoms with Gasteiger partial charge in [-0.3, -0.25) is 4.79 Å². The lowest BCUT2D eigenvalue weighted by Crippen LogP contribution is -2.38. The quantitative estimate of drug-likeness (QED) is 0.830. The molecule has 0 unspecified atom stereocenters. The first-order valence-corrected chi connectivity index (χ1v) is 8.36. The molecule has 0 saturated carbocycles. The van der Waals surface area contributed by atoms with E-state index in [1.165, 1.54) is 17.7 Å². The summed E-state index contributed by atoms with van der Waals surface area (Å²) in [7, 11) is 1.58. The first-order chi connectivity index (χ1) is 11.5. The Morgan fingerprint density at radius 1 is 1.38 bits per heavy atom. The molecule has 1 aliphatic rings. The zero-order chi connectivity index (χ0) is 17.5. The number of nitrogens with zero attached hydrogens (tertiary/aromatic N) is 3. The normalized spacial score (nSPS) is 15.2. The monoisotopic (exact) mass is 334 g/mol. The van der Waals surface area contributed by atoms with Crippen molar-refractivity contribution < 1.29 is 14.7 Å². The number of pyridine rings is 1. The Bertz CT molecular complexity index is 553. The molecule has 0 aliphatic carbocycles. The van der Waals surface area contributed by atoms with Crippen LogP contribution >= 0.6 is 0 Å². The van der Waals surface area contributed by atoms with E-state index in [4.69, 9.17) is 5.11 Å². The van der Waals surface area contributed by atoms with E-state index < -0.39 is 5.97 Å². The van der Waals surface area contributed by atoms with Gasteiger partial charge in [-0.15, -0.1) is 0 Å². The highest BCUT2D eigenvalue weighted by Crippen LogP contribution is 2.21. The summed E-state index contributed by atoms with van der Waals surface area (Å²) in [6.07, 6.45) is 4.11. The number of aliphatic carboxylic acids is 1. The third-order valence-corrected chi connectivity index (χ3v) is 4.37. The average Bonchev–Trinajstić information content (AvgIpc) is 2.58. The molecule has 1 fully saturated rings.